The fourth-order valence-corrected chi connectivity index (χ4v) is 4.67. The summed E-state index contributed by atoms with van der Waals surface area (Å²) >= 11 is 1.34. The van der Waals surface area contributed by atoms with Crippen molar-refractivity contribution in [2.24, 2.45) is 0 Å². The summed E-state index contributed by atoms with van der Waals surface area (Å²) in [6.45, 7) is -0.251. The zero-order chi connectivity index (χ0) is 22.4. The van der Waals surface area contributed by atoms with Gasteiger partial charge in [-0.3, -0.25) is 4.79 Å². The van der Waals surface area contributed by atoms with Gasteiger partial charge < -0.3 is 14.6 Å². The van der Waals surface area contributed by atoms with Crippen molar-refractivity contribution in [1.29, 1.82) is 0 Å². The molecule has 160 valence electrons. The maximum Gasteiger partial charge on any atom is 0.268 e. The first kappa shape index (κ1) is 22.4. The van der Waals surface area contributed by atoms with Crippen LogP contribution in [0.5, 0.6) is 11.5 Å². The van der Waals surface area contributed by atoms with Gasteiger partial charge in [-0.05, 0) is 30.3 Å². The average molecular weight is 458 g/mol. The van der Waals surface area contributed by atoms with Crippen molar-refractivity contribution in [2.75, 3.05) is 20.8 Å². The highest BCUT2D eigenvalue weighted by Crippen LogP contribution is 2.39. The molecule has 2 aromatic carbocycles. The third-order valence-corrected chi connectivity index (χ3v) is 6.59. The van der Waals surface area contributed by atoms with Crippen LogP contribution in [0.3, 0.4) is 0 Å². The van der Waals surface area contributed by atoms with E-state index in [-0.39, 0.29) is 22.8 Å². The number of aliphatic hydroxyl groups is 1. The van der Waals surface area contributed by atoms with E-state index in [1.54, 1.807) is 30.3 Å². The van der Waals surface area contributed by atoms with Crippen molar-refractivity contribution < 1.29 is 27.8 Å². The Kier molecular flexibility index (Phi) is 6.97. The van der Waals surface area contributed by atoms with E-state index in [9.17, 15) is 13.2 Å². The summed E-state index contributed by atoms with van der Waals surface area (Å²) in [5.74, 6) is 5.19. The molecule has 9 heteroatoms. The van der Waals surface area contributed by atoms with E-state index in [1.807, 2.05) is 0 Å². The molecule has 0 aliphatic heterocycles. The molecule has 1 heterocycles. The molecule has 0 saturated heterocycles. The van der Waals surface area contributed by atoms with Crippen molar-refractivity contribution in [1.82, 2.24) is 4.72 Å². The van der Waals surface area contributed by atoms with Gasteiger partial charge in [0.2, 0.25) is 0 Å². The Balaban J connectivity index is 2.03. The predicted octanol–water partition coefficient (Wildman–Crippen LogP) is 2.89. The number of hydrogen-bond donors (Lipinski definition) is 2. The highest BCUT2D eigenvalue weighted by molar-refractivity contribution is 7.90. The topological polar surface area (TPSA) is 102 Å². The third-order valence-electron chi connectivity index (χ3n) is 4.21. The minimum atomic E-state index is -4.06. The summed E-state index contributed by atoms with van der Waals surface area (Å²) in [5, 5.41) is 8.87. The summed E-state index contributed by atoms with van der Waals surface area (Å²) in [6, 6.07) is 14.2. The quantitative estimate of drug-likeness (QED) is 0.552. The summed E-state index contributed by atoms with van der Waals surface area (Å²) in [7, 11) is -1.19. The minimum absolute atomic E-state index is 0.0265. The molecule has 3 aromatic rings. The summed E-state index contributed by atoms with van der Waals surface area (Å²) in [4.78, 5) is 14.3. The van der Waals surface area contributed by atoms with E-state index in [4.69, 9.17) is 14.6 Å². The number of ether oxygens (including phenoxy) is 2. The van der Waals surface area contributed by atoms with Gasteiger partial charge in [-0.25, -0.2) is 13.1 Å². The summed E-state index contributed by atoms with van der Waals surface area (Å²) in [5.41, 5.74) is 0.613. The monoisotopic (exact) mass is 457 g/mol. The molecule has 0 saturated carbocycles. The number of aliphatic hydroxyl groups excluding tert-OH is 1. The van der Waals surface area contributed by atoms with Crippen molar-refractivity contribution in [3.63, 3.8) is 0 Å². The molecule has 31 heavy (non-hydrogen) atoms. The van der Waals surface area contributed by atoms with E-state index in [1.165, 1.54) is 49.8 Å². The van der Waals surface area contributed by atoms with Gasteiger partial charge in [-0.2, -0.15) is 0 Å². The maximum absolute atomic E-state index is 12.9. The molecule has 7 nitrogen and oxygen atoms in total. The Bertz CT molecular complexity index is 1250. The SMILES string of the molecule is COc1cc(OC)c(-c2ccc(C#CCO)s2)cc1C(=O)NS(=O)(=O)c1ccccc1. The van der Waals surface area contributed by atoms with Crippen molar-refractivity contribution >= 4 is 27.3 Å². The number of carbonyl (C=O) groups excluding carboxylic acids is 1. The summed E-state index contributed by atoms with van der Waals surface area (Å²) < 4.78 is 37.9. The lowest BCUT2D eigenvalue weighted by Gasteiger charge is -2.14. The first-order valence-corrected chi connectivity index (χ1v) is 11.3. The zero-order valence-corrected chi connectivity index (χ0v) is 18.3. The van der Waals surface area contributed by atoms with Gasteiger partial charge in [-0.1, -0.05) is 30.0 Å². The predicted molar refractivity (Wildman–Crippen MR) is 118 cm³/mol. The van der Waals surface area contributed by atoms with Crippen molar-refractivity contribution in [3.05, 3.63) is 65.0 Å². The molecular formula is C22H19NO6S2. The maximum atomic E-state index is 12.9. The van der Waals surface area contributed by atoms with Gasteiger partial charge in [0.25, 0.3) is 15.9 Å². The van der Waals surface area contributed by atoms with E-state index >= 15 is 0 Å². The van der Waals surface area contributed by atoms with Crippen LogP contribution in [-0.4, -0.2) is 40.3 Å². The van der Waals surface area contributed by atoms with Crippen LogP contribution >= 0.6 is 11.3 Å². The number of thiophene rings is 1. The van der Waals surface area contributed by atoms with E-state index in [0.717, 1.165) is 9.75 Å². The Morgan fingerprint density at radius 3 is 2.42 bits per heavy atom. The molecule has 0 fully saturated rings. The van der Waals surface area contributed by atoms with Crippen LogP contribution in [0.1, 0.15) is 15.2 Å². The first-order valence-electron chi connectivity index (χ1n) is 8.97. The molecule has 0 atom stereocenters. The van der Waals surface area contributed by atoms with Gasteiger partial charge in [0.05, 0.1) is 29.6 Å². The molecule has 0 bridgehead atoms. The lowest BCUT2D eigenvalue weighted by atomic mass is 10.1. The number of sulfonamides is 1. The van der Waals surface area contributed by atoms with Crippen LogP contribution in [0.15, 0.2) is 59.5 Å². The second-order valence-electron chi connectivity index (χ2n) is 6.12. The number of amides is 1. The van der Waals surface area contributed by atoms with E-state index in [0.29, 0.717) is 11.3 Å². The molecule has 0 spiro atoms. The molecule has 0 aliphatic rings. The molecular weight excluding hydrogens is 438 g/mol. The van der Waals surface area contributed by atoms with Gasteiger partial charge in [-0.15, -0.1) is 11.3 Å². The van der Waals surface area contributed by atoms with Gasteiger partial charge in [0, 0.05) is 16.5 Å². The highest BCUT2D eigenvalue weighted by Gasteiger charge is 2.23. The number of methoxy groups -OCH3 is 2. The number of carbonyl (C=O) groups is 1. The van der Waals surface area contributed by atoms with Crippen LogP contribution in [0.4, 0.5) is 0 Å². The van der Waals surface area contributed by atoms with Crippen molar-refractivity contribution in [2.45, 2.75) is 4.90 Å². The normalized spacial score (nSPS) is 10.7. The third kappa shape index (κ3) is 5.06. The second-order valence-corrected chi connectivity index (χ2v) is 8.89. The van der Waals surface area contributed by atoms with E-state index in [2.05, 4.69) is 16.6 Å². The number of rotatable bonds is 6. The van der Waals surface area contributed by atoms with Crippen molar-refractivity contribution in [3.8, 4) is 33.8 Å². The highest BCUT2D eigenvalue weighted by atomic mass is 32.2. The largest absolute Gasteiger partial charge is 0.496 e. The molecule has 1 aromatic heterocycles. The van der Waals surface area contributed by atoms with Crippen LogP contribution in [0.2, 0.25) is 0 Å². The molecule has 3 rings (SSSR count). The minimum Gasteiger partial charge on any atom is -0.496 e. The fraction of sp³-hybridized carbons (Fsp3) is 0.136. The van der Waals surface area contributed by atoms with Gasteiger partial charge in [0.1, 0.15) is 18.1 Å². The molecule has 1 amide bonds. The standard InChI is InChI=1S/C22H19NO6S2/c1-28-19-14-20(29-2)18(13-17(19)21-11-10-15(30-21)7-6-12-24)22(25)23-31(26,27)16-8-4-3-5-9-16/h3-5,8-11,13-14,24H,12H2,1-2H3,(H,23,25). The van der Waals surface area contributed by atoms with Gasteiger partial charge in [0.15, 0.2) is 0 Å². The summed E-state index contributed by atoms with van der Waals surface area (Å²) in [6.07, 6.45) is 0. The van der Waals surface area contributed by atoms with Crippen LogP contribution < -0.4 is 14.2 Å². The van der Waals surface area contributed by atoms with Crippen LogP contribution in [0, 0.1) is 11.8 Å². The number of benzene rings is 2. The lowest BCUT2D eigenvalue weighted by molar-refractivity contribution is 0.0978. The van der Waals surface area contributed by atoms with Crippen LogP contribution in [-0.2, 0) is 10.0 Å². The second kappa shape index (κ2) is 9.66. The van der Waals surface area contributed by atoms with Gasteiger partial charge >= 0.3 is 0 Å². The first-order chi connectivity index (χ1) is 14.9. The Morgan fingerprint density at radius 1 is 1.06 bits per heavy atom. The Morgan fingerprint density at radius 2 is 1.77 bits per heavy atom. The number of nitrogens with one attached hydrogen (secondary N) is 1. The lowest BCUT2D eigenvalue weighted by Crippen LogP contribution is -2.30. The smallest absolute Gasteiger partial charge is 0.268 e. The zero-order valence-electron chi connectivity index (χ0n) is 16.7. The molecule has 0 unspecified atom stereocenters. The van der Waals surface area contributed by atoms with Crippen LogP contribution in [0.25, 0.3) is 10.4 Å². The Labute approximate surface area is 184 Å². The average Bonchev–Trinajstić information content (AvgIpc) is 3.25. The molecule has 0 radical (unpaired) electrons. The molecule has 2 N–H and O–H groups in total. The Hall–Kier alpha value is -3.32. The van der Waals surface area contributed by atoms with E-state index < -0.39 is 15.9 Å². The number of hydrogen-bond acceptors (Lipinski definition) is 7. The molecule has 0 aliphatic carbocycles. The fourth-order valence-electron chi connectivity index (χ4n) is 2.78.